The number of ether oxygens (including phenoxy) is 2. The lowest BCUT2D eigenvalue weighted by atomic mass is 9.98. The van der Waals surface area contributed by atoms with E-state index in [1.165, 1.54) is 0 Å². The summed E-state index contributed by atoms with van der Waals surface area (Å²) in [5, 5.41) is 6.98. The fourth-order valence-corrected chi connectivity index (χ4v) is 2.85. The number of benzene rings is 1. The first-order valence-electron chi connectivity index (χ1n) is 8.82. The van der Waals surface area contributed by atoms with E-state index in [0.29, 0.717) is 23.7 Å². The maximum absolute atomic E-state index is 12.5. The van der Waals surface area contributed by atoms with E-state index in [-0.39, 0.29) is 11.4 Å². The summed E-state index contributed by atoms with van der Waals surface area (Å²) in [7, 11) is 1.56. The average Bonchev–Trinajstić information content (AvgIpc) is 2.90. The molecule has 1 amide bonds. The highest BCUT2D eigenvalue weighted by Gasteiger charge is 2.21. The number of carbonyl (C=O) groups is 1. The molecule has 6 heteroatoms. The molecule has 0 bridgehead atoms. The van der Waals surface area contributed by atoms with Crippen LogP contribution in [0, 0.1) is 13.8 Å². The number of rotatable bonds is 8. The third-order valence-electron chi connectivity index (χ3n) is 4.31. The number of nitrogens with zero attached hydrogens (tertiary/aromatic N) is 1. The minimum absolute atomic E-state index is 0.126. The maximum Gasteiger partial charge on any atom is 0.251 e. The Bertz CT molecular complexity index is 746. The van der Waals surface area contributed by atoms with Gasteiger partial charge in [0.05, 0.1) is 18.4 Å². The largest absolute Gasteiger partial charge is 0.493 e. The summed E-state index contributed by atoms with van der Waals surface area (Å²) >= 11 is 0. The molecular formula is C20H28N2O4. The van der Waals surface area contributed by atoms with Crippen molar-refractivity contribution in [1.29, 1.82) is 0 Å². The molecule has 0 aliphatic rings. The Kier molecular flexibility index (Phi) is 6.29. The van der Waals surface area contributed by atoms with E-state index in [2.05, 4.69) is 17.4 Å². The molecule has 0 radical (unpaired) electrons. The van der Waals surface area contributed by atoms with Crippen LogP contribution in [0.1, 0.15) is 61.0 Å². The SMILES string of the molecule is CCCC(C)(C)NC(=O)c1ccc(OCc2c(C)noc2C)c(OC)c1. The van der Waals surface area contributed by atoms with Crippen LogP contribution in [0.25, 0.3) is 0 Å². The Morgan fingerprint density at radius 1 is 1.27 bits per heavy atom. The molecule has 142 valence electrons. The van der Waals surface area contributed by atoms with Crippen molar-refractivity contribution in [2.45, 2.75) is 59.6 Å². The van der Waals surface area contributed by atoms with Gasteiger partial charge in [0, 0.05) is 11.1 Å². The summed E-state index contributed by atoms with van der Waals surface area (Å²) in [6.07, 6.45) is 1.92. The molecule has 0 spiro atoms. The van der Waals surface area contributed by atoms with Gasteiger partial charge >= 0.3 is 0 Å². The lowest BCUT2D eigenvalue weighted by molar-refractivity contribution is 0.0908. The van der Waals surface area contributed by atoms with Crippen LogP contribution in [0.5, 0.6) is 11.5 Å². The molecule has 0 aliphatic carbocycles. The second-order valence-corrected chi connectivity index (χ2v) is 7.05. The number of aryl methyl sites for hydroxylation is 2. The van der Waals surface area contributed by atoms with Crippen LogP contribution in [0.15, 0.2) is 22.7 Å². The van der Waals surface area contributed by atoms with E-state index in [4.69, 9.17) is 14.0 Å². The first-order valence-corrected chi connectivity index (χ1v) is 8.82. The number of nitrogens with one attached hydrogen (secondary N) is 1. The highest BCUT2D eigenvalue weighted by molar-refractivity contribution is 5.95. The Morgan fingerprint density at radius 3 is 2.58 bits per heavy atom. The van der Waals surface area contributed by atoms with E-state index < -0.39 is 0 Å². The average molecular weight is 360 g/mol. The van der Waals surface area contributed by atoms with Gasteiger partial charge in [-0.05, 0) is 52.3 Å². The second kappa shape index (κ2) is 8.25. The van der Waals surface area contributed by atoms with Gasteiger partial charge in [-0.1, -0.05) is 18.5 Å². The van der Waals surface area contributed by atoms with Crippen LogP contribution in [0.4, 0.5) is 0 Å². The zero-order chi connectivity index (χ0) is 19.3. The molecule has 2 rings (SSSR count). The third kappa shape index (κ3) is 4.77. The van der Waals surface area contributed by atoms with Crippen LogP contribution in [-0.2, 0) is 6.61 Å². The molecule has 0 atom stereocenters. The van der Waals surface area contributed by atoms with Gasteiger partial charge in [0.15, 0.2) is 11.5 Å². The van der Waals surface area contributed by atoms with Crippen molar-refractivity contribution in [2.24, 2.45) is 0 Å². The minimum atomic E-state index is -0.252. The van der Waals surface area contributed by atoms with Gasteiger partial charge < -0.3 is 19.3 Å². The van der Waals surface area contributed by atoms with Crippen molar-refractivity contribution in [3.05, 3.63) is 40.8 Å². The second-order valence-electron chi connectivity index (χ2n) is 7.05. The first kappa shape index (κ1) is 19.8. The van der Waals surface area contributed by atoms with Crippen LogP contribution >= 0.6 is 0 Å². The Balaban J connectivity index is 2.13. The molecule has 1 N–H and O–H groups in total. The smallest absolute Gasteiger partial charge is 0.251 e. The molecule has 0 saturated heterocycles. The molecule has 26 heavy (non-hydrogen) atoms. The summed E-state index contributed by atoms with van der Waals surface area (Å²) in [4.78, 5) is 12.5. The van der Waals surface area contributed by atoms with E-state index in [9.17, 15) is 4.79 Å². The van der Waals surface area contributed by atoms with Crippen LogP contribution in [0.2, 0.25) is 0 Å². The van der Waals surface area contributed by atoms with Crippen LogP contribution < -0.4 is 14.8 Å². The zero-order valence-corrected chi connectivity index (χ0v) is 16.4. The summed E-state index contributed by atoms with van der Waals surface area (Å²) in [6, 6.07) is 5.18. The predicted molar refractivity (Wildman–Crippen MR) is 99.8 cm³/mol. The van der Waals surface area contributed by atoms with Gasteiger partial charge in [-0.3, -0.25) is 4.79 Å². The highest BCUT2D eigenvalue weighted by atomic mass is 16.5. The number of amides is 1. The van der Waals surface area contributed by atoms with Gasteiger partial charge in [0.2, 0.25) is 0 Å². The summed E-state index contributed by atoms with van der Waals surface area (Å²) < 4.78 is 16.4. The first-order chi connectivity index (χ1) is 12.3. The Hall–Kier alpha value is -2.50. The summed E-state index contributed by atoms with van der Waals surface area (Å²) in [6.45, 7) is 10.2. The quantitative estimate of drug-likeness (QED) is 0.764. The van der Waals surface area contributed by atoms with Crippen molar-refractivity contribution in [2.75, 3.05) is 7.11 Å². The van der Waals surface area contributed by atoms with Crippen LogP contribution in [-0.4, -0.2) is 23.7 Å². The Labute approximate surface area is 154 Å². The number of hydrogen-bond donors (Lipinski definition) is 1. The van der Waals surface area contributed by atoms with E-state index in [1.807, 2.05) is 27.7 Å². The van der Waals surface area contributed by atoms with Gasteiger partial charge in [-0.15, -0.1) is 0 Å². The van der Waals surface area contributed by atoms with Crippen molar-refractivity contribution in [3.8, 4) is 11.5 Å². The van der Waals surface area contributed by atoms with Gasteiger partial charge in [-0.2, -0.15) is 0 Å². The molecule has 1 heterocycles. The van der Waals surface area contributed by atoms with Crippen molar-refractivity contribution in [3.63, 3.8) is 0 Å². The predicted octanol–water partition coefficient (Wildman–Crippen LogP) is 4.19. The molecule has 0 unspecified atom stereocenters. The van der Waals surface area contributed by atoms with E-state index in [1.54, 1.807) is 25.3 Å². The van der Waals surface area contributed by atoms with Gasteiger partial charge in [0.25, 0.3) is 5.91 Å². The molecule has 6 nitrogen and oxygen atoms in total. The van der Waals surface area contributed by atoms with Gasteiger partial charge in [-0.25, -0.2) is 0 Å². The normalized spacial score (nSPS) is 11.3. The summed E-state index contributed by atoms with van der Waals surface area (Å²) in [5.41, 5.74) is 2.00. The number of hydrogen-bond acceptors (Lipinski definition) is 5. The minimum Gasteiger partial charge on any atom is -0.493 e. The monoisotopic (exact) mass is 360 g/mol. The van der Waals surface area contributed by atoms with Crippen LogP contribution in [0.3, 0.4) is 0 Å². The molecular weight excluding hydrogens is 332 g/mol. The fraction of sp³-hybridized carbons (Fsp3) is 0.500. The van der Waals surface area contributed by atoms with E-state index >= 15 is 0 Å². The lowest BCUT2D eigenvalue weighted by Crippen LogP contribution is -2.43. The molecule has 1 aromatic heterocycles. The fourth-order valence-electron chi connectivity index (χ4n) is 2.85. The van der Waals surface area contributed by atoms with Crippen molar-refractivity contribution in [1.82, 2.24) is 10.5 Å². The maximum atomic E-state index is 12.5. The lowest BCUT2D eigenvalue weighted by Gasteiger charge is -2.26. The molecule has 2 aromatic rings. The topological polar surface area (TPSA) is 73.6 Å². The third-order valence-corrected chi connectivity index (χ3v) is 4.31. The number of aromatic nitrogens is 1. The molecule has 1 aromatic carbocycles. The van der Waals surface area contributed by atoms with Crippen molar-refractivity contribution >= 4 is 5.91 Å². The number of carbonyl (C=O) groups excluding carboxylic acids is 1. The summed E-state index contributed by atoms with van der Waals surface area (Å²) in [5.74, 6) is 1.68. The molecule has 0 aliphatic heterocycles. The molecule has 0 fully saturated rings. The highest BCUT2D eigenvalue weighted by Crippen LogP contribution is 2.29. The van der Waals surface area contributed by atoms with Gasteiger partial charge in [0.1, 0.15) is 12.4 Å². The van der Waals surface area contributed by atoms with Crippen molar-refractivity contribution < 1.29 is 18.8 Å². The standard InChI is InChI=1S/C20H28N2O4/c1-7-10-20(4,5)21-19(23)15-8-9-17(18(11-15)24-6)25-12-16-13(2)22-26-14(16)3/h8-9,11H,7,10,12H2,1-6H3,(H,21,23). The Morgan fingerprint density at radius 2 is 2.00 bits per heavy atom. The zero-order valence-electron chi connectivity index (χ0n) is 16.4. The molecule has 0 saturated carbocycles. The number of methoxy groups -OCH3 is 1. The van der Waals surface area contributed by atoms with E-state index in [0.717, 1.165) is 29.9 Å².